The number of piperidine rings is 1. The second kappa shape index (κ2) is 5.50. The molecule has 2 heteroatoms. The highest BCUT2D eigenvalue weighted by Gasteiger charge is 2.33. The highest BCUT2D eigenvalue weighted by molar-refractivity contribution is 4.87. The molecule has 2 aliphatic rings. The lowest BCUT2D eigenvalue weighted by atomic mass is 9.77. The predicted octanol–water partition coefficient (Wildman–Crippen LogP) is 2.49. The minimum Gasteiger partial charge on any atom is -0.317 e. The largest absolute Gasteiger partial charge is 0.317 e. The lowest BCUT2D eigenvalue weighted by molar-refractivity contribution is 0.0571. The molecule has 1 saturated heterocycles. The van der Waals surface area contributed by atoms with Crippen molar-refractivity contribution >= 4 is 0 Å². The van der Waals surface area contributed by atoms with E-state index in [9.17, 15) is 0 Å². The van der Waals surface area contributed by atoms with Gasteiger partial charge in [-0.15, -0.1) is 0 Å². The Kier molecular flexibility index (Phi) is 4.26. The maximum Gasteiger partial charge on any atom is 0.0123 e. The number of nitrogens with one attached hydrogen (secondary N) is 1. The molecule has 3 atom stereocenters. The molecule has 2 nitrogen and oxygen atoms in total. The standard InChI is InChI=1S/C14H28N2/c1-11-5-4-6-14(12(11)2)16(3)13-7-9-15-10-8-13/h11-15H,4-10H2,1-3H3/t11-,12+,14+/m0/s1. The topological polar surface area (TPSA) is 15.3 Å². The molecule has 1 aliphatic heterocycles. The molecule has 1 heterocycles. The van der Waals surface area contributed by atoms with Crippen LogP contribution in [0, 0.1) is 11.8 Å². The maximum atomic E-state index is 3.47. The fraction of sp³-hybridized carbons (Fsp3) is 1.00. The van der Waals surface area contributed by atoms with Gasteiger partial charge in [-0.05, 0) is 51.2 Å². The average Bonchev–Trinajstić information content (AvgIpc) is 2.33. The molecule has 0 aromatic heterocycles. The molecule has 0 unspecified atom stereocenters. The Morgan fingerprint density at radius 1 is 1.00 bits per heavy atom. The molecule has 2 rings (SSSR count). The first kappa shape index (κ1) is 12.4. The second-order valence-electron chi connectivity index (χ2n) is 5.98. The van der Waals surface area contributed by atoms with Gasteiger partial charge in [0.1, 0.15) is 0 Å². The summed E-state index contributed by atoms with van der Waals surface area (Å²) in [6.45, 7) is 7.33. The van der Waals surface area contributed by atoms with E-state index >= 15 is 0 Å². The summed E-state index contributed by atoms with van der Waals surface area (Å²) in [7, 11) is 2.37. The Morgan fingerprint density at radius 2 is 1.69 bits per heavy atom. The van der Waals surface area contributed by atoms with E-state index in [0.717, 1.165) is 23.9 Å². The Bertz CT molecular complexity index is 211. The van der Waals surface area contributed by atoms with Gasteiger partial charge in [-0.2, -0.15) is 0 Å². The second-order valence-corrected chi connectivity index (χ2v) is 5.98. The van der Waals surface area contributed by atoms with Crippen molar-refractivity contribution in [2.24, 2.45) is 11.8 Å². The van der Waals surface area contributed by atoms with Crippen molar-refractivity contribution in [3.63, 3.8) is 0 Å². The number of rotatable bonds is 2. The summed E-state index contributed by atoms with van der Waals surface area (Å²) in [5.74, 6) is 1.80. The maximum absolute atomic E-state index is 3.47. The summed E-state index contributed by atoms with van der Waals surface area (Å²) in [6, 6.07) is 1.67. The van der Waals surface area contributed by atoms with Crippen molar-refractivity contribution in [2.45, 2.75) is 58.0 Å². The van der Waals surface area contributed by atoms with E-state index in [1.807, 2.05) is 0 Å². The van der Waals surface area contributed by atoms with Crippen LogP contribution in [0.2, 0.25) is 0 Å². The average molecular weight is 224 g/mol. The Hall–Kier alpha value is -0.0800. The van der Waals surface area contributed by atoms with Crippen LogP contribution < -0.4 is 5.32 Å². The van der Waals surface area contributed by atoms with E-state index < -0.39 is 0 Å². The van der Waals surface area contributed by atoms with Gasteiger partial charge >= 0.3 is 0 Å². The van der Waals surface area contributed by atoms with E-state index in [0.29, 0.717) is 0 Å². The van der Waals surface area contributed by atoms with E-state index in [4.69, 9.17) is 0 Å². The smallest absolute Gasteiger partial charge is 0.0123 e. The van der Waals surface area contributed by atoms with Crippen LogP contribution in [0.4, 0.5) is 0 Å². The predicted molar refractivity (Wildman–Crippen MR) is 69.6 cm³/mol. The lowest BCUT2D eigenvalue weighted by Crippen LogP contribution is -2.50. The fourth-order valence-electron chi connectivity index (χ4n) is 3.61. The normalized spacial score (nSPS) is 37.9. The van der Waals surface area contributed by atoms with Gasteiger partial charge in [-0.3, -0.25) is 0 Å². The Balaban J connectivity index is 1.93. The number of nitrogens with zero attached hydrogens (tertiary/aromatic N) is 1. The van der Waals surface area contributed by atoms with Crippen molar-refractivity contribution in [3.8, 4) is 0 Å². The van der Waals surface area contributed by atoms with Gasteiger partial charge in [0, 0.05) is 12.1 Å². The monoisotopic (exact) mass is 224 g/mol. The van der Waals surface area contributed by atoms with Crippen LogP contribution in [0.5, 0.6) is 0 Å². The summed E-state index contributed by atoms with van der Waals surface area (Å²) in [4.78, 5) is 2.71. The number of hydrogen-bond donors (Lipinski definition) is 1. The third kappa shape index (κ3) is 2.60. The molecule has 0 aromatic rings. The first-order valence-electron chi connectivity index (χ1n) is 7.13. The van der Waals surface area contributed by atoms with Crippen molar-refractivity contribution in [2.75, 3.05) is 20.1 Å². The molecule has 0 spiro atoms. The molecule has 1 aliphatic carbocycles. The zero-order chi connectivity index (χ0) is 11.5. The van der Waals surface area contributed by atoms with Crippen LogP contribution >= 0.6 is 0 Å². The van der Waals surface area contributed by atoms with Gasteiger partial charge in [-0.1, -0.05) is 26.7 Å². The summed E-state index contributed by atoms with van der Waals surface area (Å²) in [6.07, 6.45) is 6.98. The SMILES string of the molecule is C[C@H]1[C@H](N(C)C2CCNCC2)CCC[C@@H]1C. The summed E-state index contributed by atoms with van der Waals surface area (Å²) in [5.41, 5.74) is 0. The van der Waals surface area contributed by atoms with E-state index in [1.54, 1.807) is 0 Å². The lowest BCUT2D eigenvalue weighted by Gasteiger charge is -2.44. The molecule has 0 amide bonds. The minimum absolute atomic E-state index is 0.832. The molecule has 94 valence electrons. The van der Waals surface area contributed by atoms with Crippen LogP contribution in [0.15, 0.2) is 0 Å². The highest BCUT2D eigenvalue weighted by Crippen LogP contribution is 2.33. The first-order chi connectivity index (χ1) is 7.70. The molecule has 16 heavy (non-hydrogen) atoms. The fourth-order valence-corrected chi connectivity index (χ4v) is 3.61. The van der Waals surface area contributed by atoms with Gasteiger partial charge in [0.2, 0.25) is 0 Å². The van der Waals surface area contributed by atoms with Gasteiger partial charge in [0.25, 0.3) is 0 Å². The molecular weight excluding hydrogens is 196 g/mol. The summed E-state index contributed by atoms with van der Waals surface area (Å²) in [5, 5.41) is 3.47. The molecule has 1 saturated carbocycles. The third-order valence-corrected chi connectivity index (χ3v) is 5.07. The van der Waals surface area contributed by atoms with E-state index in [1.165, 1.54) is 45.2 Å². The van der Waals surface area contributed by atoms with Crippen LogP contribution in [0.25, 0.3) is 0 Å². The Labute approximate surface area is 101 Å². The van der Waals surface area contributed by atoms with Crippen LogP contribution in [0.1, 0.15) is 46.0 Å². The highest BCUT2D eigenvalue weighted by atomic mass is 15.2. The Morgan fingerprint density at radius 3 is 2.38 bits per heavy atom. The zero-order valence-electron chi connectivity index (χ0n) is 11.2. The summed E-state index contributed by atoms with van der Waals surface area (Å²) >= 11 is 0. The van der Waals surface area contributed by atoms with E-state index in [-0.39, 0.29) is 0 Å². The molecule has 0 aromatic carbocycles. The van der Waals surface area contributed by atoms with Gasteiger partial charge < -0.3 is 10.2 Å². The van der Waals surface area contributed by atoms with Crippen LogP contribution in [-0.4, -0.2) is 37.1 Å². The van der Waals surface area contributed by atoms with E-state index in [2.05, 4.69) is 31.1 Å². The van der Waals surface area contributed by atoms with Gasteiger partial charge in [0.05, 0.1) is 0 Å². The van der Waals surface area contributed by atoms with Gasteiger partial charge in [0.15, 0.2) is 0 Å². The summed E-state index contributed by atoms with van der Waals surface area (Å²) < 4.78 is 0. The van der Waals surface area contributed by atoms with Gasteiger partial charge in [-0.25, -0.2) is 0 Å². The number of hydrogen-bond acceptors (Lipinski definition) is 2. The quantitative estimate of drug-likeness (QED) is 0.775. The van der Waals surface area contributed by atoms with Crippen LogP contribution in [-0.2, 0) is 0 Å². The first-order valence-corrected chi connectivity index (χ1v) is 7.13. The van der Waals surface area contributed by atoms with Crippen molar-refractivity contribution in [1.29, 1.82) is 0 Å². The zero-order valence-corrected chi connectivity index (χ0v) is 11.2. The molecule has 2 fully saturated rings. The van der Waals surface area contributed by atoms with Crippen molar-refractivity contribution in [1.82, 2.24) is 10.2 Å². The third-order valence-electron chi connectivity index (χ3n) is 5.07. The molecular formula is C14H28N2. The van der Waals surface area contributed by atoms with Crippen molar-refractivity contribution < 1.29 is 0 Å². The minimum atomic E-state index is 0.832. The molecule has 1 N–H and O–H groups in total. The van der Waals surface area contributed by atoms with Crippen LogP contribution in [0.3, 0.4) is 0 Å². The van der Waals surface area contributed by atoms with Crippen molar-refractivity contribution in [3.05, 3.63) is 0 Å². The molecule has 0 bridgehead atoms. The molecule has 0 radical (unpaired) electrons.